The zero-order valence-corrected chi connectivity index (χ0v) is 23.3. The third-order valence-corrected chi connectivity index (χ3v) is 8.84. The topological polar surface area (TPSA) is 68.4 Å². The molecule has 2 heterocycles. The molecule has 0 saturated carbocycles. The van der Waals surface area contributed by atoms with E-state index in [9.17, 15) is 9.59 Å². The lowest BCUT2D eigenvalue weighted by Gasteiger charge is -2.33. The number of carbonyl (C=O) groups is 1. The van der Waals surface area contributed by atoms with Crippen LogP contribution in [-0.4, -0.2) is 21.3 Å². The Kier molecular flexibility index (Phi) is 6.62. The Hall–Kier alpha value is -3.16. The predicted octanol–water partition coefficient (Wildman–Crippen LogP) is 6.75. The second-order valence-corrected chi connectivity index (χ2v) is 12.4. The highest BCUT2D eigenvalue weighted by Crippen LogP contribution is 2.45. The minimum absolute atomic E-state index is 0.0652. The van der Waals surface area contributed by atoms with Gasteiger partial charge in [-0.15, -0.1) is 11.3 Å². The van der Waals surface area contributed by atoms with Crippen LogP contribution in [0.2, 0.25) is 5.02 Å². The van der Waals surface area contributed by atoms with Crippen LogP contribution in [0.3, 0.4) is 0 Å². The van der Waals surface area contributed by atoms with Crippen molar-refractivity contribution in [1.82, 2.24) is 9.13 Å². The van der Waals surface area contributed by atoms with Gasteiger partial charge in [0.15, 0.2) is 0 Å². The maximum atomic E-state index is 13.6. The van der Waals surface area contributed by atoms with Crippen LogP contribution in [-0.2, 0) is 26.9 Å². The minimum Gasteiger partial charge on any atom is -0.322 e. The van der Waals surface area contributed by atoms with Crippen molar-refractivity contribution in [2.45, 2.75) is 40.0 Å². The minimum atomic E-state index is -0.151. The highest BCUT2D eigenvalue weighted by molar-refractivity contribution is 7.16. The average molecular weight is 535 g/mol. The van der Waals surface area contributed by atoms with Gasteiger partial charge in [0.05, 0.1) is 16.6 Å². The normalized spacial score (nSPS) is 15.9. The monoisotopic (exact) mass is 534 g/mol. The standard InChI is InChI=1S/C29H31ClN4O2S/c1-29(2,3)18-7-12-21-24(15-18)37-27(25(21)26(35)32-20-10-8-19(30)9-11-20)31-16-17-6-13-22-23(14-17)34(5)28(36)33(22)4/h6,8-11,13-14,16,18H,7,12,15H2,1-5H3,(H,32,35)/t18-/m0/s1. The number of carbonyl (C=O) groups excluding carboxylic acids is 1. The van der Waals surface area contributed by atoms with E-state index < -0.39 is 0 Å². The molecule has 0 aliphatic heterocycles. The van der Waals surface area contributed by atoms with Crippen molar-refractivity contribution >= 4 is 56.8 Å². The van der Waals surface area contributed by atoms with Crippen molar-refractivity contribution in [2.75, 3.05) is 5.32 Å². The predicted molar refractivity (Wildman–Crippen MR) is 154 cm³/mol. The molecule has 0 unspecified atom stereocenters. The van der Waals surface area contributed by atoms with Crippen LogP contribution in [0.25, 0.3) is 11.0 Å². The van der Waals surface area contributed by atoms with Crippen molar-refractivity contribution in [3.05, 3.63) is 79.5 Å². The highest BCUT2D eigenvalue weighted by Gasteiger charge is 2.33. The molecular weight excluding hydrogens is 504 g/mol. The smallest absolute Gasteiger partial charge is 0.322 e. The Morgan fingerprint density at radius 2 is 1.81 bits per heavy atom. The first-order valence-electron chi connectivity index (χ1n) is 12.4. The van der Waals surface area contributed by atoms with E-state index in [4.69, 9.17) is 16.6 Å². The van der Waals surface area contributed by atoms with Gasteiger partial charge < -0.3 is 5.32 Å². The van der Waals surface area contributed by atoms with Crippen molar-refractivity contribution in [2.24, 2.45) is 30.4 Å². The van der Waals surface area contributed by atoms with E-state index in [2.05, 4.69) is 26.1 Å². The van der Waals surface area contributed by atoms with Gasteiger partial charge >= 0.3 is 5.69 Å². The van der Waals surface area contributed by atoms with Crippen LogP contribution in [0.5, 0.6) is 0 Å². The molecule has 2 aromatic carbocycles. The lowest BCUT2D eigenvalue weighted by atomic mass is 9.72. The summed E-state index contributed by atoms with van der Waals surface area (Å²) in [5.41, 5.74) is 5.20. The molecule has 5 rings (SSSR count). The third kappa shape index (κ3) is 4.90. The van der Waals surface area contributed by atoms with Crippen molar-refractivity contribution in [3.8, 4) is 0 Å². The van der Waals surface area contributed by atoms with Gasteiger partial charge in [0.1, 0.15) is 5.00 Å². The SMILES string of the molecule is Cn1c(=O)n(C)c2cc(C=Nc3sc4c(c3C(=O)Nc3ccc(Cl)cc3)CC[C@H](C(C)(C)C)C4)ccc21. The molecule has 2 aromatic heterocycles. The number of hydrogen-bond acceptors (Lipinski definition) is 4. The molecule has 8 heteroatoms. The number of anilines is 1. The number of fused-ring (bicyclic) bond motifs is 2. The van der Waals surface area contributed by atoms with E-state index in [0.29, 0.717) is 27.2 Å². The van der Waals surface area contributed by atoms with E-state index in [1.165, 1.54) is 4.88 Å². The zero-order valence-electron chi connectivity index (χ0n) is 21.8. The summed E-state index contributed by atoms with van der Waals surface area (Å²) in [7, 11) is 3.54. The summed E-state index contributed by atoms with van der Waals surface area (Å²) in [5, 5.41) is 4.38. The van der Waals surface area contributed by atoms with E-state index in [1.54, 1.807) is 65.0 Å². The van der Waals surface area contributed by atoms with Crippen LogP contribution in [0.15, 0.2) is 52.3 Å². The zero-order chi connectivity index (χ0) is 26.5. The lowest BCUT2D eigenvalue weighted by molar-refractivity contribution is 0.102. The van der Waals surface area contributed by atoms with Gasteiger partial charge in [-0.1, -0.05) is 38.4 Å². The Morgan fingerprint density at radius 3 is 2.51 bits per heavy atom. The van der Waals surface area contributed by atoms with Crippen molar-refractivity contribution in [3.63, 3.8) is 0 Å². The van der Waals surface area contributed by atoms with Crippen molar-refractivity contribution < 1.29 is 4.79 Å². The molecule has 0 saturated heterocycles. The molecule has 1 aliphatic rings. The Morgan fingerprint density at radius 1 is 1.11 bits per heavy atom. The molecule has 0 radical (unpaired) electrons. The third-order valence-electron chi connectivity index (χ3n) is 7.43. The Labute approximate surface area is 225 Å². The fourth-order valence-corrected chi connectivity index (χ4v) is 6.49. The molecule has 0 bridgehead atoms. The number of rotatable bonds is 4. The number of nitrogens with one attached hydrogen (secondary N) is 1. The van der Waals surface area contributed by atoms with E-state index in [-0.39, 0.29) is 17.0 Å². The first-order valence-corrected chi connectivity index (χ1v) is 13.6. The fraction of sp³-hybridized carbons (Fsp3) is 0.345. The van der Waals surface area contributed by atoms with Gasteiger partial charge in [-0.05, 0) is 78.1 Å². The lowest BCUT2D eigenvalue weighted by Crippen LogP contribution is -2.27. The summed E-state index contributed by atoms with van der Waals surface area (Å²) in [4.78, 5) is 31.9. The first-order chi connectivity index (χ1) is 17.5. The highest BCUT2D eigenvalue weighted by atomic mass is 35.5. The number of thiophene rings is 1. The molecule has 1 N–H and O–H groups in total. The second-order valence-electron chi connectivity index (χ2n) is 10.9. The number of halogens is 1. The summed E-state index contributed by atoms with van der Waals surface area (Å²) in [6.07, 6.45) is 4.66. The summed E-state index contributed by atoms with van der Waals surface area (Å²) in [5.74, 6) is 0.409. The van der Waals surface area contributed by atoms with Gasteiger partial charge in [0, 0.05) is 35.9 Å². The van der Waals surface area contributed by atoms with Crippen LogP contribution in [0.1, 0.15) is 53.6 Å². The molecule has 0 spiro atoms. The molecule has 6 nitrogen and oxygen atoms in total. The van der Waals surface area contributed by atoms with Crippen LogP contribution < -0.4 is 11.0 Å². The number of amides is 1. The van der Waals surface area contributed by atoms with E-state index in [1.807, 2.05) is 18.2 Å². The van der Waals surface area contributed by atoms with Crippen molar-refractivity contribution in [1.29, 1.82) is 0 Å². The molecule has 192 valence electrons. The van der Waals surface area contributed by atoms with Gasteiger partial charge in [0.2, 0.25) is 0 Å². The van der Waals surface area contributed by atoms with Crippen LogP contribution in [0, 0.1) is 11.3 Å². The summed E-state index contributed by atoms with van der Waals surface area (Å²) < 4.78 is 3.27. The summed E-state index contributed by atoms with van der Waals surface area (Å²) in [6.45, 7) is 6.86. The van der Waals surface area contributed by atoms with Crippen LogP contribution in [0.4, 0.5) is 10.7 Å². The first kappa shape index (κ1) is 25.5. The molecule has 4 aromatic rings. The number of hydrogen-bond donors (Lipinski definition) is 1. The largest absolute Gasteiger partial charge is 0.328 e. The second kappa shape index (κ2) is 9.62. The van der Waals surface area contributed by atoms with Gasteiger partial charge in [-0.3, -0.25) is 13.9 Å². The summed E-state index contributed by atoms with van der Waals surface area (Å²) in [6, 6.07) is 13.0. The number of benzene rings is 2. The van der Waals surface area contributed by atoms with Crippen LogP contribution >= 0.6 is 22.9 Å². The molecule has 0 fully saturated rings. The maximum absolute atomic E-state index is 13.6. The molecular formula is C29H31ClN4O2S. The van der Waals surface area contributed by atoms with E-state index in [0.717, 1.165) is 41.4 Å². The maximum Gasteiger partial charge on any atom is 0.328 e. The number of aromatic nitrogens is 2. The average Bonchev–Trinajstić information content (AvgIpc) is 3.33. The van der Waals surface area contributed by atoms with Gasteiger partial charge in [-0.25, -0.2) is 9.79 Å². The summed E-state index contributed by atoms with van der Waals surface area (Å²) >= 11 is 7.64. The molecule has 1 atom stereocenters. The van der Waals surface area contributed by atoms with Gasteiger partial charge in [0.25, 0.3) is 5.91 Å². The number of aliphatic imine (C=N–C) groups is 1. The molecule has 1 amide bonds. The number of nitrogens with zero attached hydrogens (tertiary/aromatic N) is 3. The van der Waals surface area contributed by atoms with E-state index >= 15 is 0 Å². The fourth-order valence-electron chi connectivity index (χ4n) is 5.10. The number of aryl methyl sites for hydroxylation is 2. The Balaban J connectivity index is 1.53. The molecule has 1 aliphatic carbocycles. The van der Waals surface area contributed by atoms with Gasteiger partial charge in [-0.2, -0.15) is 0 Å². The quantitative estimate of drug-likeness (QED) is 0.294. The number of imidazole rings is 1. The molecule has 37 heavy (non-hydrogen) atoms. The Bertz CT molecular complexity index is 1590.